The highest BCUT2D eigenvalue weighted by atomic mass is 32.2. The molecule has 2 fully saturated rings. The fourth-order valence-corrected chi connectivity index (χ4v) is 6.52. The van der Waals surface area contributed by atoms with Gasteiger partial charge >= 0.3 is 0 Å². The first-order valence-electron chi connectivity index (χ1n) is 11.1. The molecule has 0 aromatic heterocycles. The van der Waals surface area contributed by atoms with Crippen molar-refractivity contribution in [2.24, 2.45) is 0 Å². The highest BCUT2D eigenvalue weighted by Gasteiger charge is 2.43. The Labute approximate surface area is 190 Å². The molecule has 172 valence electrons. The number of sulfonamides is 1. The van der Waals surface area contributed by atoms with Gasteiger partial charge in [-0.15, -0.1) is 0 Å². The summed E-state index contributed by atoms with van der Waals surface area (Å²) in [5.41, 5.74) is 0.759. The van der Waals surface area contributed by atoms with E-state index >= 15 is 0 Å². The molecule has 2 unspecified atom stereocenters. The zero-order valence-corrected chi connectivity index (χ0v) is 19.4. The van der Waals surface area contributed by atoms with E-state index in [0.717, 1.165) is 11.3 Å². The molecule has 0 radical (unpaired) electrons. The van der Waals surface area contributed by atoms with Crippen molar-refractivity contribution in [3.8, 4) is 5.75 Å². The molecule has 1 N–H and O–H groups in total. The molecule has 2 aromatic rings. The van der Waals surface area contributed by atoms with Gasteiger partial charge in [0.2, 0.25) is 15.9 Å². The maximum atomic E-state index is 13.1. The fraction of sp³-hybridized carbons (Fsp3) is 0.458. The monoisotopic (exact) mass is 457 g/mol. The van der Waals surface area contributed by atoms with Crippen molar-refractivity contribution in [1.29, 1.82) is 0 Å². The Bertz CT molecular complexity index is 1040. The summed E-state index contributed by atoms with van der Waals surface area (Å²) < 4.78 is 34.0. The van der Waals surface area contributed by atoms with Crippen molar-refractivity contribution in [3.05, 3.63) is 60.2 Å². The van der Waals surface area contributed by atoms with Gasteiger partial charge in [-0.05, 0) is 43.5 Å². The summed E-state index contributed by atoms with van der Waals surface area (Å²) in [7, 11) is -1.86. The molecule has 0 saturated carbocycles. The van der Waals surface area contributed by atoms with Crippen molar-refractivity contribution in [2.75, 3.05) is 26.7 Å². The van der Waals surface area contributed by atoms with Crippen LogP contribution in [0.15, 0.2) is 59.5 Å². The summed E-state index contributed by atoms with van der Waals surface area (Å²) in [6, 6.07) is 16.6. The number of hydrogen-bond donors (Lipinski definition) is 1. The second-order valence-corrected chi connectivity index (χ2v) is 10.4. The van der Waals surface area contributed by atoms with Crippen LogP contribution in [0.3, 0.4) is 0 Å². The van der Waals surface area contributed by atoms with Gasteiger partial charge in [0.15, 0.2) is 0 Å². The summed E-state index contributed by atoms with van der Waals surface area (Å²) in [5.74, 6) is 0.785. The average molecular weight is 458 g/mol. The lowest BCUT2D eigenvalue weighted by atomic mass is 10.0. The van der Waals surface area contributed by atoms with E-state index in [1.54, 1.807) is 23.5 Å². The Kier molecular flexibility index (Phi) is 6.83. The van der Waals surface area contributed by atoms with E-state index < -0.39 is 10.0 Å². The zero-order chi connectivity index (χ0) is 22.7. The lowest BCUT2D eigenvalue weighted by Crippen LogP contribution is -2.51. The number of carbonyl (C=O) groups is 1. The van der Waals surface area contributed by atoms with Crippen LogP contribution in [0, 0.1) is 6.92 Å². The fourth-order valence-electron chi connectivity index (χ4n) is 4.83. The summed E-state index contributed by atoms with van der Waals surface area (Å²) in [5, 5.41) is 2.78. The summed E-state index contributed by atoms with van der Waals surface area (Å²) >= 11 is 0. The molecule has 0 spiro atoms. The Hall–Kier alpha value is -2.42. The van der Waals surface area contributed by atoms with Crippen LogP contribution >= 0.6 is 0 Å². The van der Waals surface area contributed by atoms with Gasteiger partial charge in [-0.3, -0.25) is 9.69 Å². The van der Waals surface area contributed by atoms with Crippen LogP contribution in [0.2, 0.25) is 0 Å². The molecule has 2 aliphatic heterocycles. The van der Waals surface area contributed by atoms with E-state index in [4.69, 9.17) is 4.74 Å². The number of para-hydroxylation sites is 1. The first-order valence-corrected chi connectivity index (χ1v) is 12.6. The number of piperidine rings is 1. The van der Waals surface area contributed by atoms with Gasteiger partial charge in [0.1, 0.15) is 11.9 Å². The van der Waals surface area contributed by atoms with Crippen molar-refractivity contribution >= 4 is 15.9 Å². The summed E-state index contributed by atoms with van der Waals surface area (Å²) in [6.45, 7) is 3.37. The van der Waals surface area contributed by atoms with Gasteiger partial charge in [0.05, 0.1) is 10.9 Å². The molecular formula is C24H31N3O4S. The number of ether oxygens (including phenoxy) is 1. The van der Waals surface area contributed by atoms with Crippen LogP contribution in [0.25, 0.3) is 0 Å². The molecule has 0 bridgehead atoms. The molecule has 2 atom stereocenters. The number of benzene rings is 2. The first kappa shape index (κ1) is 22.8. The van der Waals surface area contributed by atoms with Crippen LogP contribution in [0.4, 0.5) is 0 Å². The molecule has 7 nitrogen and oxygen atoms in total. The van der Waals surface area contributed by atoms with Gasteiger partial charge in [-0.25, -0.2) is 8.42 Å². The minimum Gasteiger partial charge on any atom is -0.489 e. The van der Waals surface area contributed by atoms with Gasteiger partial charge in [0.25, 0.3) is 0 Å². The molecule has 2 saturated heterocycles. The van der Waals surface area contributed by atoms with Crippen molar-refractivity contribution < 1.29 is 17.9 Å². The van der Waals surface area contributed by atoms with E-state index in [-0.39, 0.29) is 24.1 Å². The van der Waals surface area contributed by atoms with Crippen LogP contribution in [-0.2, 0) is 14.8 Å². The predicted molar refractivity (Wildman–Crippen MR) is 123 cm³/mol. The Morgan fingerprint density at radius 3 is 2.34 bits per heavy atom. The zero-order valence-electron chi connectivity index (χ0n) is 18.6. The van der Waals surface area contributed by atoms with Crippen LogP contribution in [0.5, 0.6) is 5.75 Å². The van der Waals surface area contributed by atoms with Gasteiger partial charge < -0.3 is 10.1 Å². The smallest absolute Gasteiger partial charge is 0.243 e. The number of carbonyl (C=O) groups excluding carboxylic acids is 1. The summed E-state index contributed by atoms with van der Waals surface area (Å²) in [4.78, 5) is 15.2. The number of aryl methyl sites for hydroxylation is 1. The first-order chi connectivity index (χ1) is 15.4. The van der Waals surface area contributed by atoms with E-state index in [1.807, 2.05) is 49.4 Å². The second kappa shape index (κ2) is 9.60. The normalized spacial score (nSPS) is 23.2. The molecule has 1 amide bonds. The lowest BCUT2D eigenvalue weighted by Gasteiger charge is -2.38. The van der Waals surface area contributed by atoms with Crippen molar-refractivity contribution in [3.63, 3.8) is 0 Å². The van der Waals surface area contributed by atoms with Gasteiger partial charge in [-0.1, -0.05) is 36.4 Å². The number of nitrogens with one attached hydrogen (secondary N) is 1. The number of likely N-dealkylation sites (tertiary alicyclic amines) is 1. The standard InChI is InChI=1S/C24H31N3O4S/c1-18-8-6-7-11-23(18)32(29,30)26-14-12-19(13-15-26)27-17-21(16-22(27)24(28)25-2)31-20-9-4-3-5-10-20/h3-11,19,21-22H,12-17H2,1-2H3,(H,25,28). The van der Waals surface area contributed by atoms with E-state index in [0.29, 0.717) is 43.8 Å². The summed E-state index contributed by atoms with van der Waals surface area (Å²) in [6.07, 6.45) is 1.93. The maximum absolute atomic E-state index is 13.1. The topological polar surface area (TPSA) is 79.0 Å². The molecule has 4 rings (SSSR count). The number of likely N-dealkylation sites (N-methyl/N-ethyl adjacent to an activating group) is 1. The highest BCUT2D eigenvalue weighted by Crippen LogP contribution is 2.31. The SMILES string of the molecule is CNC(=O)C1CC(Oc2ccccc2)CN1C1CCN(S(=O)(=O)c2ccccc2C)CC1. The van der Waals surface area contributed by atoms with Crippen molar-refractivity contribution in [1.82, 2.24) is 14.5 Å². The molecule has 2 heterocycles. The number of amides is 1. The number of hydrogen-bond acceptors (Lipinski definition) is 5. The number of rotatable bonds is 6. The minimum absolute atomic E-state index is 0.0147. The average Bonchev–Trinajstić information content (AvgIpc) is 3.23. The van der Waals surface area contributed by atoms with Crippen molar-refractivity contribution in [2.45, 2.75) is 49.3 Å². The number of nitrogens with zero attached hydrogens (tertiary/aromatic N) is 2. The Morgan fingerprint density at radius 2 is 1.69 bits per heavy atom. The van der Waals surface area contributed by atoms with Crippen LogP contribution < -0.4 is 10.1 Å². The third kappa shape index (κ3) is 4.67. The Morgan fingerprint density at radius 1 is 1.03 bits per heavy atom. The highest BCUT2D eigenvalue weighted by molar-refractivity contribution is 7.89. The quantitative estimate of drug-likeness (QED) is 0.721. The molecule has 2 aromatic carbocycles. The molecule has 8 heteroatoms. The van der Waals surface area contributed by atoms with Gasteiger partial charge in [-0.2, -0.15) is 4.31 Å². The molecular weight excluding hydrogens is 426 g/mol. The van der Waals surface area contributed by atoms with E-state index in [9.17, 15) is 13.2 Å². The third-order valence-corrected chi connectivity index (χ3v) is 8.56. The van der Waals surface area contributed by atoms with Crippen LogP contribution in [-0.4, -0.2) is 68.4 Å². The molecule has 32 heavy (non-hydrogen) atoms. The van der Waals surface area contributed by atoms with Crippen LogP contribution in [0.1, 0.15) is 24.8 Å². The predicted octanol–water partition coefficient (Wildman–Crippen LogP) is 2.42. The maximum Gasteiger partial charge on any atom is 0.243 e. The second-order valence-electron chi connectivity index (χ2n) is 8.52. The van der Waals surface area contributed by atoms with E-state index in [1.165, 1.54) is 0 Å². The van der Waals surface area contributed by atoms with Gasteiger partial charge in [0, 0.05) is 39.1 Å². The minimum atomic E-state index is -3.51. The Balaban J connectivity index is 1.44. The molecule has 0 aliphatic carbocycles. The largest absolute Gasteiger partial charge is 0.489 e. The molecule has 2 aliphatic rings. The lowest BCUT2D eigenvalue weighted by molar-refractivity contribution is -0.126. The van der Waals surface area contributed by atoms with E-state index in [2.05, 4.69) is 10.2 Å². The third-order valence-electron chi connectivity index (χ3n) is 6.50.